The molecule has 7 heteroatoms. The third kappa shape index (κ3) is 4.61. The predicted molar refractivity (Wildman–Crippen MR) is 59.9 cm³/mol. The average molecular weight is 266 g/mol. The number of ether oxygens (including phenoxy) is 2. The normalized spacial score (nSPS) is 29.9. The van der Waals surface area contributed by atoms with Gasteiger partial charge in [-0.15, -0.1) is 0 Å². The van der Waals surface area contributed by atoms with E-state index in [-0.39, 0.29) is 24.4 Å². The van der Waals surface area contributed by atoms with Gasteiger partial charge < -0.3 is 9.47 Å². The van der Waals surface area contributed by atoms with Crippen LogP contribution in [0.4, 0.5) is 0 Å². The number of hydrogen-bond donors (Lipinski definition) is 0. The van der Waals surface area contributed by atoms with Gasteiger partial charge in [-0.05, 0) is 6.42 Å². The van der Waals surface area contributed by atoms with Crippen molar-refractivity contribution in [3.05, 3.63) is 0 Å². The largest absolute Gasteiger partial charge is 0.469 e. The summed E-state index contributed by atoms with van der Waals surface area (Å²) >= 11 is 0. The molecule has 1 aliphatic rings. The van der Waals surface area contributed by atoms with Crippen molar-refractivity contribution < 1.29 is 26.9 Å². The van der Waals surface area contributed by atoms with Crippen LogP contribution in [0.3, 0.4) is 0 Å². The van der Waals surface area contributed by atoms with E-state index in [1.807, 2.05) is 6.92 Å². The van der Waals surface area contributed by atoms with E-state index in [0.717, 1.165) is 6.26 Å². The second-order valence-corrected chi connectivity index (χ2v) is 5.78. The lowest BCUT2D eigenvalue weighted by molar-refractivity contribution is -0.148. The summed E-state index contributed by atoms with van der Waals surface area (Å²) in [6.07, 6.45) is 0.842. The number of carbonyl (C=O) groups is 1. The SMILES string of the molecule is COC(=O)C[C@H]1OCC[C@@H](OS(C)(=O)=O)[C@H]1C. The minimum absolute atomic E-state index is 0.112. The standard InChI is InChI=1S/C10H18O6S/c1-7-8(16-17(3,12)13)4-5-15-9(7)6-10(11)14-2/h7-9H,4-6H2,1-3H3/t7-,8-,9-/m1/s1. The molecule has 0 spiro atoms. The molecule has 1 saturated heterocycles. The van der Waals surface area contributed by atoms with Crippen molar-refractivity contribution >= 4 is 16.1 Å². The summed E-state index contributed by atoms with van der Waals surface area (Å²) in [5, 5.41) is 0. The van der Waals surface area contributed by atoms with Crippen LogP contribution >= 0.6 is 0 Å². The molecule has 0 aromatic rings. The van der Waals surface area contributed by atoms with Gasteiger partial charge in [0.2, 0.25) is 0 Å². The molecule has 17 heavy (non-hydrogen) atoms. The van der Waals surface area contributed by atoms with Gasteiger partial charge in [0.1, 0.15) is 0 Å². The first-order valence-electron chi connectivity index (χ1n) is 5.40. The molecule has 0 amide bonds. The number of rotatable bonds is 4. The smallest absolute Gasteiger partial charge is 0.308 e. The molecule has 3 atom stereocenters. The molecule has 1 fully saturated rings. The van der Waals surface area contributed by atoms with Gasteiger partial charge in [-0.1, -0.05) is 6.92 Å². The first kappa shape index (κ1) is 14.4. The maximum absolute atomic E-state index is 11.2. The van der Waals surface area contributed by atoms with Crippen molar-refractivity contribution in [2.75, 3.05) is 20.0 Å². The highest BCUT2D eigenvalue weighted by Crippen LogP contribution is 2.26. The van der Waals surface area contributed by atoms with E-state index in [0.29, 0.717) is 13.0 Å². The second kappa shape index (κ2) is 5.79. The summed E-state index contributed by atoms with van der Waals surface area (Å²) in [7, 11) is -2.18. The summed E-state index contributed by atoms with van der Waals surface area (Å²) in [6.45, 7) is 2.19. The van der Waals surface area contributed by atoms with Gasteiger partial charge in [-0.25, -0.2) is 0 Å². The van der Waals surface area contributed by atoms with Crippen molar-refractivity contribution in [1.29, 1.82) is 0 Å². The fourth-order valence-corrected chi connectivity index (χ4v) is 2.56. The Balaban J connectivity index is 2.62. The molecular weight excluding hydrogens is 248 g/mol. The Morgan fingerprint density at radius 1 is 1.47 bits per heavy atom. The van der Waals surface area contributed by atoms with Crippen LogP contribution in [0.2, 0.25) is 0 Å². The van der Waals surface area contributed by atoms with Crippen LogP contribution in [0.5, 0.6) is 0 Å². The third-order valence-electron chi connectivity index (χ3n) is 2.80. The highest BCUT2D eigenvalue weighted by atomic mass is 32.2. The van der Waals surface area contributed by atoms with Crippen LogP contribution in [0, 0.1) is 5.92 Å². The highest BCUT2D eigenvalue weighted by molar-refractivity contribution is 7.86. The molecular formula is C10H18O6S. The van der Waals surface area contributed by atoms with Crippen LogP contribution in [0.15, 0.2) is 0 Å². The van der Waals surface area contributed by atoms with Gasteiger partial charge in [0.15, 0.2) is 0 Å². The Morgan fingerprint density at radius 3 is 2.65 bits per heavy atom. The zero-order valence-electron chi connectivity index (χ0n) is 10.2. The van der Waals surface area contributed by atoms with E-state index in [4.69, 9.17) is 8.92 Å². The fraction of sp³-hybridized carbons (Fsp3) is 0.900. The Bertz CT molecular complexity index is 363. The van der Waals surface area contributed by atoms with E-state index >= 15 is 0 Å². The molecule has 0 aromatic heterocycles. The molecule has 0 unspecified atom stereocenters. The minimum Gasteiger partial charge on any atom is -0.469 e. The van der Waals surface area contributed by atoms with Gasteiger partial charge in [0.25, 0.3) is 10.1 Å². The molecule has 1 aliphatic heterocycles. The molecule has 0 saturated carbocycles. The number of esters is 1. The molecule has 0 N–H and O–H groups in total. The van der Waals surface area contributed by atoms with E-state index in [9.17, 15) is 13.2 Å². The topological polar surface area (TPSA) is 78.9 Å². The quantitative estimate of drug-likeness (QED) is 0.538. The third-order valence-corrected chi connectivity index (χ3v) is 3.40. The minimum atomic E-state index is -3.49. The van der Waals surface area contributed by atoms with E-state index in [1.165, 1.54) is 7.11 Å². The lowest BCUT2D eigenvalue weighted by atomic mass is 9.91. The van der Waals surface area contributed by atoms with Crippen molar-refractivity contribution in [3.8, 4) is 0 Å². The molecule has 1 heterocycles. The van der Waals surface area contributed by atoms with Crippen LogP contribution < -0.4 is 0 Å². The summed E-state index contributed by atoms with van der Waals surface area (Å²) in [5.74, 6) is -0.542. The van der Waals surface area contributed by atoms with Gasteiger partial charge in [0, 0.05) is 12.5 Å². The number of hydrogen-bond acceptors (Lipinski definition) is 6. The molecule has 0 bridgehead atoms. The molecule has 1 rings (SSSR count). The van der Waals surface area contributed by atoms with Crippen LogP contribution in [-0.4, -0.2) is 46.6 Å². The average Bonchev–Trinajstić information content (AvgIpc) is 2.22. The zero-order chi connectivity index (χ0) is 13.1. The van der Waals surface area contributed by atoms with E-state index < -0.39 is 16.2 Å². The predicted octanol–water partition coefficient (Wildman–Crippen LogP) is 0.319. The van der Waals surface area contributed by atoms with Gasteiger partial charge in [-0.2, -0.15) is 8.42 Å². The summed E-state index contributed by atoms with van der Waals surface area (Å²) < 4.78 is 37.1. The monoisotopic (exact) mass is 266 g/mol. The molecule has 6 nitrogen and oxygen atoms in total. The van der Waals surface area contributed by atoms with Crippen LogP contribution in [0.1, 0.15) is 19.8 Å². The summed E-state index contributed by atoms with van der Waals surface area (Å²) in [5.41, 5.74) is 0. The van der Waals surface area contributed by atoms with Crippen molar-refractivity contribution in [3.63, 3.8) is 0 Å². The number of carbonyl (C=O) groups excluding carboxylic acids is 1. The second-order valence-electron chi connectivity index (χ2n) is 4.18. The maximum atomic E-state index is 11.2. The van der Waals surface area contributed by atoms with Crippen LogP contribution in [0.25, 0.3) is 0 Å². The molecule has 0 aliphatic carbocycles. The maximum Gasteiger partial charge on any atom is 0.308 e. The van der Waals surface area contributed by atoms with Crippen molar-refractivity contribution in [2.24, 2.45) is 5.92 Å². The summed E-state index contributed by atoms with van der Waals surface area (Å²) in [4.78, 5) is 11.2. The Labute approximate surface area is 101 Å². The molecule has 0 aromatic carbocycles. The first-order chi connectivity index (χ1) is 7.83. The lowest BCUT2D eigenvalue weighted by Gasteiger charge is -2.34. The summed E-state index contributed by atoms with van der Waals surface area (Å²) in [6, 6.07) is 0. The Kier molecular flexibility index (Phi) is 4.91. The van der Waals surface area contributed by atoms with E-state index in [1.54, 1.807) is 0 Å². The number of methoxy groups -OCH3 is 1. The Morgan fingerprint density at radius 2 is 2.12 bits per heavy atom. The van der Waals surface area contributed by atoms with Gasteiger partial charge in [-0.3, -0.25) is 8.98 Å². The van der Waals surface area contributed by atoms with Gasteiger partial charge >= 0.3 is 5.97 Å². The van der Waals surface area contributed by atoms with Gasteiger partial charge in [0.05, 0.1) is 32.0 Å². The molecule has 100 valence electrons. The Hall–Kier alpha value is -0.660. The fourth-order valence-electron chi connectivity index (χ4n) is 1.84. The van der Waals surface area contributed by atoms with Crippen molar-refractivity contribution in [2.45, 2.75) is 32.0 Å². The highest BCUT2D eigenvalue weighted by Gasteiger charge is 2.35. The van der Waals surface area contributed by atoms with Crippen molar-refractivity contribution in [1.82, 2.24) is 0 Å². The first-order valence-corrected chi connectivity index (χ1v) is 7.22. The van der Waals surface area contributed by atoms with Crippen LogP contribution in [-0.2, 0) is 28.6 Å². The van der Waals surface area contributed by atoms with E-state index in [2.05, 4.69) is 4.74 Å². The zero-order valence-corrected chi connectivity index (χ0v) is 11.0. The molecule has 0 radical (unpaired) electrons. The lowest BCUT2D eigenvalue weighted by Crippen LogP contribution is -2.41.